The number of benzene rings is 2. The van der Waals surface area contributed by atoms with Gasteiger partial charge >= 0.3 is 0 Å². The van der Waals surface area contributed by atoms with Crippen LogP contribution in [0.3, 0.4) is 0 Å². The Morgan fingerprint density at radius 3 is 2.38 bits per heavy atom. The van der Waals surface area contributed by atoms with Crippen molar-refractivity contribution in [2.75, 3.05) is 39.4 Å². The number of halogens is 1. The maximum atomic E-state index is 13.4. The summed E-state index contributed by atoms with van der Waals surface area (Å²) in [4.78, 5) is 16.8. The van der Waals surface area contributed by atoms with E-state index in [4.69, 9.17) is 4.74 Å². The average molecular weight is 397 g/mol. The molecular formula is C24H29FN2O2. The molecule has 4 rings (SSSR count). The number of morpholine rings is 1. The molecule has 0 aliphatic carbocycles. The molecule has 2 aliphatic rings. The molecule has 154 valence electrons. The molecule has 2 aliphatic heterocycles. The van der Waals surface area contributed by atoms with Gasteiger partial charge < -0.3 is 9.64 Å². The first kappa shape index (κ1) is 20.0. The molecule has 4 nitrogen and oxygen atoms in total. The Morgan fingerprint density at radius 1 is 0.966 bits per heavy atom. The topological polar surface area (TPSA) is 32.8 Å². The number of carbonyl (C=O) groups is 1. The van der Waals surface area contributed by atoms with Crippen LogP contribution in [0.1, 0.15) is 34.3 Å². The minimum Gasteiger partial charge on any atom is -0.378 e. The number of nitrogens with zero attached hydrogens (tertiary/aromatic N) is 2. The van der Waals surface area contributed by atoms with Crippen molar-refractivity contribution in [3.8, 4) is 0 Å². The molecule has 0 bridgehead atoms. The third-order valence-electron chi connectivity index (χ3n) is 6.03. The Labute approximate surface area is 172 Å². The second-order valence-electron chi connectivity index (χ2n) is 8.16. The van der Waals surface area contributed by atoms with Gasteiger partial charge in [0.25, 0.3) is 5.91 Å². The van der Waals surface area contributed by atoms with Crippen LogP contribution in [0.2, 0.25) is 0 Å². The summed E-state index contributed by atoms with van der Waals surface area (Å²) >= 11 is 0. The van der Waals surface area contributed by atoms with E-state index in [9.17, 15) is 9.18 Å². The van der Waals surface area contributed by atoms with E-state index in [1.807, 2.05) is 23.1 Å². The van der Waals surface area contributed by atoms with E-state index in [1.165, 1.54) is 11.6 Å². The van der Waals surface area contributed by atoms with Crippen molar-refractivity contribution in [1.82, 2.24) is 9.80 Å². The molecule has 0 spiro atoms. The SMILES string of the molecule is O=C(c1ccc(CC2CCN(Cc3cccc(F)c3)CC2)cc1)N1CCOCC1. The Morgan fingerprint density at radius 2 is 1.69 bits per heavy atom. The standard InChI is InChI=1S/C24H29FN2O2/c25-23-3-1-2-21(17-23)18-26-10-8-20(9-11-26)16-19-4-6-22(7-5-19)24(28)27-12-14-29-15-13-27/h1-7,17,20H,8-16,18H2. The lowest BCUT2D eigenvalue weighted by Crippen LogP contribution is -2.40. The van der Waals surface area contributed by atoms with Gasteiger partial charge in [0.05, 0.1) is 13.2 Å². The second kappa shape index (κ2) is 9.51. The normalized spacial score (nSPS) is 18.7. The van der Waals surface area contributed by atoms with Crippen LogP contribution in [0.4, 0.5) is 4.39 Å². The van der Waals surface area contributed by atoms with Gasteiger partial charge in [-0.2, -0.15) is 0 Å². The van der Waals surface area contributed by atoms with Crippen molar-refractivity contribution in [3.05, 3.63) is 71.0 Å². The molecule has 2 aromatic rings. The van der Waals surface area contributed by atoms with Crippen molar-refractivity contribution in [3.63, 3.8) is 0 Å². The largest absolute Gasteiger partial charge is 0.378 e. The van der Waals surface area contributed by atoms with Gasteiger partial charge in [-0.05, 0) is 73.7 Å². The summed E-state index contributed by atoms with van der Waals surface area (Å²) in [7, 11) is 0. The Hall–Kier alpha value is -2.24. The fourth-order valence-electron chi connectivity index (χ4n) is 4.31. The third kappa shape index (κ3) is 5.43. The van der Waals surface area contributed by atoms with Crippen LogP contribution < -0.4 is 0 Å². The summed E-state index contributed by atoms with van der Waals surface area (Å²) < 4.78 is 18.7. The predicted molar refractivity (Wildman–Crippen MR) is 111 cm³/mol. The lowest BCUT2D eigenvalue weighted by Gasteiger charge is -2.32. The van der Waals surface area contributed by atoms with E-state index in [0.29, 0.717) is 32.2 Å². The Bertz CT molecular complexity index is 810. The van der Waals surface area contributed by atoms with Crippen molar-refractivity contribution in [2.24, 2.45) is 5.92 Å². The minimum atomic E-state index is -0.159. The quantitative estimate of drug-likeness (QED) is 0.772. The number of hydrogen-bond donors (Lipinski definition) is 0. The van der Waals surface area contributed by atoms with Gasteiger partial charge in [-0.1, -0.05) is 24.3 Å². The van der Waals surface area contributed by atoms with Gasteiger partial charge in [-0.15, -0.1) is 0 Å². The molecule has 5 heteroatoms. The van der Waals surface area contributed by atoms with Gasteiger partial charge in [0.1, 0.15) is 5.82 Å². The van der Waals surface area contributed by atoms with Crippen LogP contribution >= 0.6 is 0 Å². The summed E-state index contributed by atoms with van der Waals surface area (Å²) in [5.74, 6) is 0.609. The maximum Gasteiger partial charge on any atom is 0.254 e. The van der Waals surface area contributed by atoms with E-state index < -0.39 is 0 Å². The van der Waals surface area contributed by atoms with Crippen molar-refractivity contribution in [1.29, 1.82) is 0 Å². The van der Waals surface area contributed by atoms with Gasteiger partial charge in [0.2, 0.25) is 0 Å². The fourth-order valence-corrected chi connectivity index (χ4v) is 4.31. The van der Waals surface area contributed by atoms with Crippen LogP contribution in [0.15, 0.2) is 48.5 Å². The fraction of sp³-hybridized carbons (Fsp3) is 0.458. The molecule has 2 fully saturated rings. The maximum absolute atomic E-state index is 13.4. The summed E-state index contributed by atoms with van der Waals surface area (Å²) in [6.45, 7) is 5.53. The molecule has 0 unspecified atom stereocenters. The molecule has 2 heterocycles. The zero-order valence-electron chi connectivity index (χ0n) is 16.9. The van der Waals surface area contributed by atoms with Crippen LogP contribution in [0, 0.1) is 11.7 Å². The molecule has 29 heavy (non-hydrogen) atoms. The molecule has 0 saturated carbocycles. The molecule has 2 aromatic carbocycles. The average Bonchev–Trinajstić information content (AvgIpc) is 2.76. The number of rotatable bonds is 5. The Balaban J connectivity index is 1.25. The molecule has 1 amide bonds. The number of likely N-dealkylation sites (tertiary alicyclic amines) is 1. The van der Waals surface area contributed by atoms with E-state index in [2.05, 4.69) is 17.0 Å². The number of amides is 1. The van der Waals surface area contributed by atoms with E-state index in [-0.39, 0.29) is 11.7 Å². The van der Waals surface area contributed by atoms with Gasteiger partial charge in [-0.25, -0.2) is 4.39 Å². The molecule has 0 N–H and O–H groups in total. The van der Waals surface area contributed by atoms with E-state index in [1.54, 1.807) is 12.1 Å². The second-order valence-corrected chi connectivity index (χ2v) is 8.16. The lowest BCUT2D eigenvalue weighted by molar-refractivity contribution is 0.0303. The summed E-state index contributed by atoms with van der Waals surface area (Å²) in [6.07, 6.45) is 3.37. The molecular weight excluding hydrogens is 367 g/mol. The zero-order chi connectivity index (χ0) is 20.1. The smallest absolute Gasteiger partial charge is 0.254 e. The number of ether oxygens (including phenoxy) is 1. The van der Waals surface area contributed by atoms with Gasteiger partial charge in [0, 0.05) is 25.2 Å². The highest BCUT2D eigenvalue weighted by molar-refractivity contribution is 5.94. The molecule has 2 saturated heterocycles. The van der Waals surface area contributed by atoms with Gasteiger partial charge in [0.15, 0.2) is 0 Å². The highest BCUT2D eigenvalue weighted by atomic mass is 19.1. The third-order valence-corrected chi connectivity index (χ3v) is 6.03. The van der Waals surface area contributed by atoms with Crippen LogP contribution in [0.5, 0.6) is 0 Å². The first-order valence-corrected chi connectivity index (χ1v) is 10.6. The molecule has 0 radical (unpaired) electrons. The summed E-state index contributed by atoms with van der Waals surface area (Å²) in [5, 5.41) is 0. The number of carbonyl (C=O) groups excluding carboxylic acids is 1. The molecule has 0 atom stereocenters. The zero-order valence-corrected chi connectivity index (χ0v) is 16.9. The first-order valence-electron chi connectivity index (χ1n) is 10.6. The highest BCUT2D eigenvalue weighted by Gasteiger charge is 2.21. The monoisotopic (exact) mass is 396 g/mol. The Kier molecular flexibility index (Phi) is 6.57. The summed E-state index contributed by atoms with van der Waals surface area (Å²) in [5.41, 5.74) is 3.11. The van der Waals surface area contributed by atoms with Crippen LogP contribution in [-0.4, -0.2) is 55.1 Å². The predicted octanol–water partition coefficient (Wildman–Crippen LogP) is 3.75. The van der Waals surface area contributed by atoms with E-state index in [0.717, 1.165) is 50.0 Å². The highest BCUT2D eigenvalue weighted by Crippen LogP contribution is 2.23. The van der Waals surface area contributed by atoms with Crippen LogP contribution in [0.25, 0.3) is 0 Å². The van der Waals surface area contributed by atoms with Crippen molar-refractivity contribution in [2.45, 2.75) is 25.8 Å². The van der Waals surface area contributed by atoms with E-state index >= 15 is 0 Å². The minimum absolute atomic E-state index is 0.102. The molecule has 0 aromatic heterocycles. The first-order chi connectivity index (χ1) is 14.2. The van der Waals surface area contributed by atoms with Crippen molar-refractivity contribution < 1.29 is 13.9 Å². The number of piperidine rings is 1. The van der Waals surface area contributed by atoms with Crippen LogP contribution in [-0.2, 0) is 17.7 Å². The lowest BCUT2D eigenvalue weighted by atomic mass is 9.89. The summed E-state index contributed by atoms with van der Waals surface area (Å²) in [6, 6.07) is 15.0. The van der Waals surface area contributed by atoms with Crippen molar-refractivity contribution >= 4 is 5.91 Å². The van der Waals surface area contributed by atoms with Gasteiger partial charge in [-0.3, -0.25) is 9.69 Å². The number of hydrogen-bond acceptors (Lipinski definition) is 3.